The summed E-state index contributed by atoms with van der Waals surface area (Å²) in [6.45, 7) is 5.07. The summed E-state index contributed by atoms with van der Waals surface area (Å²) in [5.41, 5.74) is 0. The molecule has 0 bridgehead atoms. The first kappa shape index (κ1) is 10.7. The van der Waals surface area contributed by atoms with Gasteiger partial charge in [0.1, 0.15) is 6.10 Å². The molecule has 1 aliphatic heterocycles. The predicted molar refractivity (Wildman–Crippen MR) is 52.7 cm³/mol. The standard InChI is InChI=1S/C11H20O2/c1-9(2)6-7-10(12)11-5-3-4-8-13-11/h9,11H,3-8H2,1-2H3. The lowest BCUT2D eigenvalue weighted by atomic mass is 9.99. The van der Waals surface area contributed by atoms with E-state index in [-0.39, 0.29) is 6.10 Å². The van der Waals surface area contributed by atoms with Crippen LogP contribution in [0, 0.1) is 5.92 Å². The first-order chi connectivity index (χ1) is 6.20. The van der Waals surface area contributed by atoms with Crippen molar-refractivity contribution in [2.45, 2.75) is 52.1 Å². The molecule has 0 aromatic rings. The van der Waals surface area contributed by atoms with Gasteiger partial charge in [-0.1, -0.05) is 13.8 Å². The molecule has 1 atom stereocenters. The average Bonchev–Trinajstić information content (AvgIpc) is 2.15. The second kappa shape index (κ2) is 5.38. The largest absolute Gasteiger partial charge is 0.370 e. The number of hydrogen-bond donors (Lipinski definition) is 0. The lowest BCUT2D eigenvalue weighted by Crippen LogP contribution is -2.28. The van der Waals surface area contributed by atoms with Gasteiger partial charge in [-0.05, 0) is 31.6 Å². The smallest absolute Gasteiger partial charge is 0.161 e. The van der Waals surface area contributed by atoms with Crippen LogP contribution in [0.5, 0.6) is 0 Å². The van der Waals surface area contributed by atoms with Crippen molar-refractivity contribution in [3.63, 3.8) is 0 Å². The highest BCUT2D eigenvalue weighted by Crippen LogP contribution is 2.16. The van der Waals surface area contributed by atoms with E-state index in [9.17, 15) is 4.79 Å². The van der Waals surface area contributed by atoms with Gasteiger partial charge in [-0.25, -0.2) is 0 Å². The fourth-order valence-electron chi connectivity index (χ4n) is 1.59. The molecular weight excluding hydrogens is 164 g/mol. The third-order valence-electron chi connectivity index (χ3n) is 2.51. The Morgan fingerprint density at radius 3 is 2.77 bits per heavy atom. The molecule has 0 saturated carbocycles. The van der Waals surface area contributed by atoms with Crippen molar-refractivity contribution >= 4 is 5.78 Å². The summed E-state index contributed by atoms with van der Waals surface area (Å²) in [5.74, 6) is 0.931. The van der Waals surface area contributed by atoms with Crippen LogP contribution in [0.25, 0.3) is 0 Å². The minimum atomic E-state index is -0.0764. The van der Waals surface area contributed by atoms with Gasteiger partial charge < -0.3 is 4.74 Å². The molecule has 0 radical (unpaired) electrons. The third kappa shape index (κ3) is 3.90. The number of ketones is 1. The molecule has 1 fully saturated rings. The highest BCUT2D eigenvalue weighted by atomic mass is 16.5. The molecule has 1 heterocycles. The topological polar surface area (TPSA) is 26.3 Å². The van der Waals surface area contributed by atoms with Crippen LogP contribution in [-0.4, -0.2) is 18.5 Å². The Hall–Kier alpha value is -0.370. The zero-order chi connectivity index (χ0) is 9.68. The van der Waals surface area contributed by atoms with Crippen molar-refractivity contribution < 1.29 is 9.53 Å². The van der Waals surface area contributed by atoms with Crippen molar-refractivity contribution in [2.75, 3.05) is 6.61 Å². The van der Waals surface area contributed by atoms with E-state index >= 15 is 0 Å². The highest BCUT2D eigenvalue weighted by molar-refractivity contribution is 5.83. The number of ether oxygens (including phenoxy) is 1. The zero-order valence-corrected chi connectivity index (χ0v) is 8.71. The summed E-state index contributed by atoms with van der Waals surface area (Å²) in [5, 5.41) is 0. The Balaban J connectivity index is 2.21. The van der Waals surface area contributed by atoms with Gasteiger partial charge in [0.2, 0.25) is 0 Å². The third-order valence-corrected chi connectivity index (χ3v) is 2.51. The van der Waals surface area contributed by atoms with E-state index in [1.807, 2.05) is 0 Å². The van der Waals surface area contributed by atoms with Crippen LogP contribution >= 0.6 is 0 Å². The molecular formula is C11H20O2. The van der Waals surface area contributed by atoms with E-state index in [2.05, 4.69) is 13.8 Å². The normalized spacial score (nSPS) is 23.5. The maximum Gasteiger partial charge on any atom is 0.161 e. The number of hydrogen-bond acceptors (Lipinski definition) is 2. The maximum atomic E-state index is 11.6. The summed E-state index contributed by atoms with van der Waals surface area (Å²) in [6, 6.07) is 0. The number of rotatable bonds is 4. The van der Waals surface area contributed by atoms with Crippen LogP contribution in [0.1, 0.15) is 46.0 Å². The fourth-order valence-corrected chi connectivity index (χ4v) is 1.59. The molecule has 0 aliphatic carbocycles. The monoisotopic (exact) mass is 184 g/mol. The second-order valence-corrected chi connectivity index (χ2v) is 4.25. The van der Waals surface area contributed by atoms with Crippen molar-refractivity contribution in [2.24, 2.45) is 5.92 Å². The second-order valence-electron chi connectivity index (χ2n) is 4.25. The SMILES string of the molecule is CC(C)CCC(=O)C1CCCCO1. The Kier molecular flexibility index (Phi) is 4.43. The Morgan fingerprint density at radius 1 is 1.46 bits per heavy atom. The quantitative estimate of drug-likeness (QED) is 0.671. The molecule has 1 unspecified atom stereocenters. The van der Waals surface area contributed by atoms with Crippen LogP contribution in [-0.2, 0) is 9.53 Å². The fraction of sp³-hybridized carbons (Fsp3) is 0.909. The van der Waals surface area contributed by atoms with Crippen LogP contribution in [0.4, 0.5) is 0 Å². The van der Waals surface area contributed by atoms with Gasteiger partial charge in [0, 0.05) is 13.0 Å². The molecule has 13 heavy (non-hydrogen) atoms. The zero-order valence-electron chi connectivity index (χ0n) is 8.71. The first-order valence-electron chi connectivity index (χ1n) is 5.34. The van der Waals surface area contributed by atoms with Crippen LogP contribution < -0.4 is 0 Å². The van der Waals surface area contributed by atoms with Crippen molar-refractivity contribution in [3.8, 4) is 0 Å². The highest BCUT2D eigenvalue weighted by Gasteiger charge is 2.21. The average molecular weight is 184 g/mol. The Morgan fingerprint density at radius 2 is 2.23 bits per heavy atom. The molecule has 0 aromatic heterocycles. The van der Waals surface area contributed by atoms with E-state index in [0.717, 1.165) is 32.3 Å². The lowest BCUT2D eigenvalue weighted by Gasteiger charge is -2.21. The molecule has 1 saturated heterocycles. The first-order valence-corrected chi connectivity index (χ1v) is 5.34. The van der Waals surface area contributed by atoms with Gasteiger partial charge in [0.05, 0.1) is 0 Å². The van der Waals surface area contributed by atoms with Gasteiger partial charge in [0.15, 0.2) is 5.78 Å². The summed E-state index contributed by atoms with van der Waals surface area (Å²) >= 11 is 0. The Bertz CT molecular complexity index is 157. The molecule has 0 amide bonds. The molecule has 2 heteroatoms. The van der Waals surface area contributed by atoms with E-state index in [4.69, 9.17) is 4.74 Å². The van der Waals surface area contributed by atoms with E-state index in [1.54, 1.807) is 0 Å². The van der Waals surface area contributed by atoms with Crippen LogP contribution in [0.3, 0.4) is 0 Å². The van der Waals surface area contributed by atoms with Gasteiger partial charge in [-0.3, -0.25) is 4.79 Å². The minimum Gasteiger partial charge on any atom is -0.370 e. The summed E-state index contributed by atoms with van der Waals surface area (Å²) in [6.07, 6.45) is 4.83. The van der Waals surface area contributed by atoms with E-state index in [1.165, 1.54) is 0 Å². The van der Waals surface area contributed by atoms with Gasteiger partial charge >= 0.3 is 0 Å². The number of carbonyl (C=O) groups excluding carboxylic acids is 1. The van der Waals surface area contributed by atoms with Crippen LogP contribution in [0.2, 0.25) is 0 Å². The van der Waals surface area contributed by atoms with Crippen molar-refractivity contribution in [1.29, 1.82) is 0 Å². The van der Waals surface area contributed by atoms with E-state index < -0.39 is 0 Å². The molecule has 1 aliphatic rings. The molecule has 1 rings (SSSR count). The van der Waals surface area contributed by atoms with Gasteiger partial charge in [-0.15, -0.1) is 0 Å². The molecule has 2 nitrogen and oxygen atoms in total. The van der Waals surface area contributed by atoms with Gasteiger partial charge in [0.25, 0.3) is 0 Å². The van der Waals surface area contributed by atoms with E-state index in [0.29, 0.717) is 18.1 Å². The minimum absolute atomic E-state index is 0.0764. The van der Waals surface area contributed by atoms with Crippen molar-refractivity contribution in [3.05, 3.63) is 0 Å². The van der Waals surface area contributed by atoms with Gasteiger partial charge in [-0.2, -0.15) is 0 Å². The molecule has 0 spiro atoms. The molecule has 76 valence electrons. The van der Waals surface area contributed by atoms with Crippen LogP contribution in [0.15, 0.2) is 0 Å². The lowest BCUT2D eigenvalue weighted by molar-refractivity contribution is -0.133. The predicted octanol–water partition coefficient (Wildman–Crippen LogP) is 2.56. The number of carbonyl (C=O) groups is 1. The summed E-state index contributed by atoms with van der Waals surface area (Å²) in [7, 11) is 0. The number of Topliss-reactive ketones (excluding diaryl/α,β-unsaturated/α-hetero) is 1. The van der Waals surface area contributed by atoms with Crippen molar-refractivity contribution in [1.82, 2.24) is 0 Å². The summed E-state index contributed by atoms with van der Waals surface area (Å²) in [4.78, 5) is 11.6. The molecule has 0 N–H and O–H groups in total. The summed E-state index contributed by atoms with van der Waals surface area (Å²) < 4.78 is 5.42. The molecule has 0 aromatic carbocycles. The Labute approximate surface area is 80.7 Å². The maximum absolute atomic E-state index is 11.6.